The first-order chi connectivity index (χ1) is 7.04. The highest BCUT2D eigenvalue weighted by Crippen LogP contribution is 2.40. The van der Waals surface area contributed by atoms with Crippen LogP contribution < -0.4 is 0 Å². The van der Waals surface area contributed by atoms with Crippen molar-refractivity contribution in [1.29, 1.82) is 0 Å². The van der Waals surface area contributed by atoms with Gasteiger partial charge in [0.05, 0.1) is 6.61 Å². The van der Waals surface area contributed by atoms with E-state index >= 15 is 0 Å². The molecule has 1 aliphatic rings. The molecule has 0 atom stereocenters. The van der Waals surface area contributed by atoms with Crippen molar-refractivity contribution in [3.05, 3.63) is 0 Å². The Hall–Kier alpha value is -0.750. The van der Waals surface area contributed by atoms with Crippen LogP contribution in [0.5, 0.6) is 0 Å². The van der Waals surface area contributed by atoms with Gasteiger partial charge in [-0.15, -0.1) is 11.8 Å². The van der Waals surface area contributed by atoms with E-state index in [1.54, 1.807) is 0 Å². The molecule has 2 N–H and O–H groups in total. The lowest BCUT2D eigenvalue weighted by Gasteiger charge is -2.26. The third-order valence-corrected chi connectivity index (χ3v) is 3.68. The van der Waals surface area contributed by atoms with E-state index in [0.29, 0.717) is 19.4 Å². The monoisotopic (exact) mass is 234 g/mol. The molecular formula is C9H14O5S. The Morgan fingerprint density at radius 2 is 1.73 bits per heavy atom. The van der Waals surface area contributed by atoms with Gasteiger partial charge < -0.3 is 14.9 Å². The van der Waals surface area contributed by atoms with Crippen molar-refractivity contribution in [2.24, 2.45) is 0 Å². The van der Waals surface area contributed by atoms with E-state index in [1.165, 1.54) is 11.8 Å². The first-order valence-corrected chi connectivity index (χ1v) is 5.74. The molecule has 15 heavy (non-hydrogen) atoms. The molecule has 0 aromatic heterocycles. The predicted molar refractivity (Wildman–Crippen MR) is 54.9 cm³/mol. The van der Waals surface area contributed by atoms with Crippen LogP contribution in [0.3, 0.4) is 0 Å². The molecule has 0 saturated carbocycles. The second kappa shape index (κ2) is 5.37. The average Bonchev–Trinajstić information content (AvgIpc) is 2.61. The van der Waals surface area contributed by atoms with E-state index in [-0.39, 0.29) is 12.8 Å². The molecule has 0 spiro atoms. The predicted octanol–water partition coefficient (Wildman–Crippen LogP) is 1.18. The van der Waals surface area contributed by atoms with E-state index < -0.39 is 16.9 Å². The van der Waals surface area contributed by atoms with Crippen LogP contribution in [0.4, 0.5) is 0 Å². The maximum Gasteiger partial charge on any atom is 0.303 e. The van der Waals surface area contributed by atoms with Crippen LogP contribution in [0.1, 0.15) is 25.7 Å². The zero-order valence-corrected chi connectivity index (χ0v) is 9.09. The zero-order valence-electron chi connectivity index (χ0n) is 8.27. The first-order valence-electron chi connectivity index (χ1n) is 4.76. The number of rotatable bonds is 6. The Kier molecular flexibility index (Phi) is 4.41. The number of carbonyl (C=O) groups is 2. The number of carboxylic acids is 2. The smallest absolute Gasteiger partial charge is 0.303 e. The third kappa shape index (κ3) is 4.09. The minimum atomic E-state index is -0.874. The van der Waals surface area contributed by atoms with Crippen LogP contribution in [0.15, 0.2) is 0 Å². The van der Waals surface area contributed by atoms with E-state index in [9.17, 15) is 9.59 Å². The highest BCUT2D eigenvalue weighted by Gasteiger charge is 2.36. The number of hydrogen-bond acceptors (Lipinski definition) is 4. The number of hydrogen-bond donors (Lipinski definition) is 2. The molecule has 5 nitrogen and oxygen atoms in total. The van der Waals surface area contributed by atoms with Crippen LogP contribution in [-0.4, -0.2) is 39.4 Å². The fourth-order valence-corrected chi connectivity index (χ4v) is 2.70. The molecule has 1 heterocycles. The second-order valence-electron chi connectivity index (χ2n) is 3.40. The molecule has 86 valence electrons. The van der Waals surface area contributed by atoms with Gasteiger partial charge in [-0.2, -0.15) is 0 Å². The van der Waals surface area contributed by atoms with Crippen molar-refractivity contribution in [2.45, 2.75) is 30.6 Å². The SMILES string of the molecule is O=C(O)CCC1(CCC(=O)O)OCCS1. The summed E-state index contributed by atoms with van der Waals surface area (Å²) in [6, 6.07) is 0. The summed E-state index contributed by atoms with van der Waals surface area (Å²) in [5.41, 5.74) is 0. The summed E-state index contributed by atoms with van der Waals surface area (Å²) in [4.78, 5) is 20.3. The second-order valence-corrected chi connectivity index (χ2v) is 4.84. The van der Waals surface area contributed by atoms with Crippen LogP contribution in [-0.2, 0) is 14.3 Å². The fourth-order valence-electron chi connectivity index (χ4n) is 1.51. The van der Waals surface area contributed by atoms with Gasteiger partial charge in [-0.25, -0.2) is 0 Å². The molecular weight excluding hydrogens is 220 g/mol. The number of thioether (sulfide) groups is 1. The summed E-state index contributed by atoms with van der Waals surface area (Å²) in [6.07, 6.45) is 0.791. The van der Waals surface area contributed by atoms with Crippen LogP contribution in [0.25, 0.3) is 0 Å². The van der Waals surface area contributed by atoms with E-state index in [1.807, 2.05) is 0 Å². The highest BCUT2D eigenvalue weighted by molar-refractivity contribution is 8.00. The quantitative estimate of drug-likeness (QED) is 0.717. The highest BCUT2D eigenvalue weighted by atomic mass is 32.2. The molecule has 1 saturated heterocycles. The average molecular weight is 234 g/mol. The Balaban J connectivity index is 2.46. The lowest BCUT2D eigenvalue weighted by atomic mass is 10.1. The van der Waals surface area contributed by atoms with Crippen LogP contribution >= 0.6 is 11.8 Å². The summed E-state index contributed by atoms with van der Waals surface area (Å²) in [5.74, 6) is -0.944. The van der Waals surface area contributed by atoms with Crippen molar-refractivity contribution in [2.75, 3.05) is 12.4 Å². The molecule has 0 aromatic carbocycles. The molecule has 1 fully saturated rings. The van der Waals surface area contributed by atoms with Gasteiger partial charge in [-0.1, -0.05) is 0 Å². The fraction of sp³-hybridized carbons (Fsp3) is 0.778. The third-order valence-electron chi connectivity index (χ3n) is 2.25. The number of ether oxygens (including phenoxy) is 1. The van der Waals surface area contributed by atoms with Crippen molar-refractivity contribution >= 4 is 23.7 Å². The van der Waals surface area contributed by atoms with Crippen molar-refractivity contribution in [3.8, 4) is 0 Å². The van der Waals surface area contributed by atoms with Gasteiger partial charge in [-0.05, 0) is 12.8 Å². The molecule has 0 aromatic rings. The molecule has 1 aliphatic heterocycles. The molecule has 1 rings (SSSR count). The maximum atomic E-state index is 10.5. The molecule has 0 aliphatic carbocycles. The van der Waals surface area contributed by atoms with Gasteiger partial charge in [0.15, 0.2) is 0 Å². The van der Waals surface area contributed by atoms with Gasteiger partial charge >= 0.3 is 11.9 Å². The van der Waals surface area contributed by atoms with Gasteiger partial charge in [0, 0.05) is 18.6 Å². The minimum absolute atomic E-state index is 0.0205. The Morgan fingerprint density at radius 3 is 2.07 bits per heavy atom. The standard InChI is InChI=1S/C9H14O5S/c10-7(11)1-3-9(4-2-8(12)13)14-5-6-15-9/h1-6H2,(H,10,11)(H,12,13). The Morgan fingerprint density at radius 1 is 1.20 bits per heavy atom. The van der Waals surface area contributed by atoms with Gasteiger partial charge in [0.25, 0.3) is 0 Å². The molecule has 0 bridgehead atoms. The topological polar surface area (TPSA) is 83.8 Å². The van der Waals surface area contributed by atoms with Crippen molar-refractivity contribution < 1.29 is 24.5 Å². The largest absolute Gasteiger partial charge is 0.481 e. The Bertz CT molecular complexity index is 227. The number of aliphatic carboxylic acids is 2. The number of carboxylic acid groups (broad SMARTS) is 2. The molecule has 0 radical (unpaired) electrons. The van der Waals surface area contributed by atoms with E-state index in [4.69, 9.17) is 14.9 Å². The van der Waals surface area contributed by atoms with Crippen molar-refractivity contribution in [1.82, 2.24) is 0 Å². The summed E-state index contributed by atoms with van der Waals surface area (Å²) in [7, 11) is 0. The molecule has 0 amide bonds. The minimum Gasteiger partial charge on any atom is -0.481 e. The van der Waals surface area contributed by atoms with Gasteiger partial charge in [0.2, 0.25) is 0 Å². The summed E-state index contributed by atoms with van der Waals surface area (Å²) >= 11 is 1.52. The molecule has 0 unspecified atom stereocenters. The normalized spacial score (nSPS) is 18.9. The van der Waals surface area contributed by atoms with Crippen LogP contribution in [0, 0.1) is 0 Å². The summed E-state index contributed by atoms with van der Waals surface area (Å²) in [5, 5.41) is 17.2. The summed E-state index contributed by atoms with van der Waals surface area (Å²) < 4.78 is 5.48. The van der Waals surface area contributed by atoms with Gasteiger partial charge in [0.1, 0.15) is 4.93 Å². The lowest BCUT2D eigenvalue weighted by Crippen LogP contribution is -2.26. The van der Waals surface area contributed by atoms with Crippen LogP contribution in [0.2, 0.25) is 0 Å². The van der Waals surface area contributed by atoms with E-state index in [0.717, 1.165) is 5.75 Å². The van der Waals surface area contributed by atoms with Crippen molar-refractivity contribution in [3.63, 3.8) is 0 Å². The summed E-state index contributed by atoms with van der Waals surface area (Å²) in [6.45, 7) is 0.573. The molecule has 6 heteroatoms. The zero-order chi connectivity index (χ0) is 11.3. The maximum absolute atomic E-state index is 10.5. The Labute approximate surface area is 91.8 Å². The lowest BCUT2D eigenvalue weighted by molar-refractivity contribution is -0.138. The van der Waals surface area contributed by atoms with E-state index in [2.05, 4.69) is 0 Å². The van der Waals surface area contributed by atoms with Gasteiger partial charge in [-0.3, -0.25) is 9.59 Å². The first kappa shape index (κ1) is 12.3.